The van der Waals surface area contributed by atoms with E-state index in [-0.39, 0.29) is 23.9 Å². The molecule has 2 saturated heterocycles. The summed E-state index contributed by atoms with van der Waals surface area (Å²) in [5.41, 5.74) is 0. The molecule has 7 heteroatoms. The molecule has 2 aliphatic heterocycles. The molecule has 26 heavy (non-hydrogen) atoms. The lowest BCUT2D eigenvalue weighted by Gasteiger charge is -2.38. The van der Waals surface area contributed by atoms with Gasteiger partial charge in [-0.1, -0.05) is 39.0 Å². The third kappa shape index (κ3) is 4.37. The van der Waals surface area contributed by atoms with E-state index < -0.39 is 0 Å². The summed E-state index contributed by atoms with van der Waals surface area (Å²) in [7, 11) is 0. The van der Waals surface area contributed by atoms with Crippen molar-refractivity contribution in [1.82, 2.24) is 20.0 Å². The molecule has 0 aromatic rings. The zero-order valence-corrected chi connectivity index (χ0v) is 15.9. The maximum absolute atomic E-state index is 12.6. The van der Waals surface area contributed by atoms with Crippen LogP contribution in [-0.4, -0.2) is 71.4 Å². The van der Waals surface area contributed by atoms with E-state index >= 15 is 0 Å². The van der Waals surface area contributed by atoms with Crippen molar-refractivity contribution >= 4 is 17.8 Å². The van der Waals surface area contributed by atoms with Crippen LogP contribution in [0.5, 0.6) is 0 Å². The number of imide groups is 1. The van der Waals surface area contributed by atoms with E-state index in [9.17, 15) is 14.4 Å². The molecule has 1 atom stereocenters. The van der Waals surface area contributed by atoms with Crippen molar-refractivity contribution in [3.63, 3.8) is 0 Å². The van der Waals surface area contributed by atoms with Crippen molar-refractivity contribution < 1.29 is 14.4 Å². The highest BCUT2D eigenvalue weighted by Gasteiger charge is 2.38. The number of nitrogens with zero attached hydrogens (tertiary/aromatic N) is 3. The Morgan fingerprint density at radius 1 is 1.08 bits per heavy atom. The minimum atomic E-state index is -0.364. The number of unbranched alkanes of at least 4 members (excludes halogenated alkanes) is 1. The van der Waals surface area contributed by atoms with Crippen LogP contribution in [0.3, 0.4) is 0 Å². The first-order valence-corrected chi connectivity index (χ1v) is 10.2. The van der Waals surface area contributed by atoms with Crippen molar-refractivity contribution in [2.75, 3.05) is 32.8 Å². The van der Waals surface area contributed by atoms with E-state index in [1.807, 2.05) is 4.90 Å². The lowest BCUT2D eigenvalue weighted by molar-refractivity contribution is -0.139. The standard InChI is InChI=1S/C19H32N4O3/c1-2-3-9-16-18(25)23(19(26)20-16)14-21-10-12-22(13-11-21)17(24)15-7-5-4-6-8-15/h15-16H,2-14H2,1H3,(H,20,26). The number of urea groups is 1. The third-order valence-corrected chi connectivity index (χ3v) is 5.93. The highest BCUT2D eigenvalue weighted by atomic mass is 16.2. The van der Waals surface area contributed by atoms with Gasteiger partial charge in [-0.05, 0) is 19.3 Å². The van der Waals surface area contributed by atoms with Gasteiger partial charge in [-0.15, -0.1) is 0 Å². The molecule has 7 nitrogen and oxygen atoms in total. The predicted octanol–water partition coefficient (Wildman–Crippen LogP) is 1.78. The first-order valence-electron chi connectivity index (χ1n) is 10.2. The second-order valence-electron chi connectivity index (χ2n) is 7.83. The largest absolute Gasteiger partial charge is 0.340 e. The fourth-order valence-electron chi connectivity index (χ4n) is 4.23. The second-order valence-corrected chi connectivity index (χ2v) is 7.83. The lowest BCUT2D eigenvalue weighted by Crippen LogP contribution is -2.53. The minimum absolute atomic E-state index is 0.107. The van der Waals surface area contributed by atoms with Gasteiger partial charge in [-0.2, -0.15) is 0 Å². The van der Waals surface area contributed by atoms with E-state index in [1.54, 1.807) is 0 Å². The predicted molar refractivity (Wildman–Crippen MR) is 98.3 cm³/mol. The fraction of sp³-hybridized carbons (Fsp3) is 0.842. The van der Waals surface area contributed by atoms with Crippen LogP contribution in [0.15, 0.2) is 0 Å². The maximum Gasteiger partial charge on any atom is 0.325 e. The molecule has 0 bridgehead atoms. The third-order valence-electron chi connectivity index (χ3n) is 5.93. The summed E-state index contributed by atoms with van der Waals surface area (Å²) in [5, 5.41) is 2.79. The molecule has 4 amide bonds. The molecule has 3 rings (SSSR count). The van der Waals surface area contributed by atoms with Crippen molar-refractivity contribution in [3.05, 3.63) is 0 Å². The Morgan fingerprint density at radius 3 is 2.42 bits per heavy atom. The van der Waals surface area contributed by atoms with Gasteiger partial charge < -0.3 is 10.2 Å². The number of hydrogen-bond acceptors (Lipinski definition) is 4. The molecule has 3 aliphatic rings. The summed E-state index contributed by atoms with van der Waals surface area (Å²) in [6, 6.07) is -0.645. The van der Waals surface area contributed by atoms with Gasteiger partial charge >= 0.3 is 6.03 Å². The first-order chi connectivity index (χ1) is 12.6. The molecule has 1 saturated carbocycles. The number of rotatable bonds is 6. The normalized spacial score (nSPS) is 25.7. The molecule has 0 spiro atoms. The van der Waals surface area contributed by atoms with Gasteiger partial charge in [0, 0.05) is 32.1 Å². The topological polar surface area (TPSA) is 73.0 Å². The molecule has 1 N–H and O–H groups in total. The lowest BCUT2D eigenvalue weighted by atomic mass is 9.88. The summed E-state index contributed by atoms with van der Waals surface area (Å²) in [6.07, 6.45) is 8.30. The Morgan fingerprint density at radius 2 is 1.77 bits per heavy atom. The number of carbonyl (C=O) groups excluding carboxylic acids is 3. The molecule has 146 valence electrons. The summed E-state index contributed by atoms with van der Waals surface area (Å²) in [6.45, 7) is 5.23. The highest BCUT2D eigenvalue weighted by Crippen LogP contribution is 2.26. The number of carbonyl (C=O) groups is 3. The number of nitrogens with one attached hydrogen (secondary N) is 1. The Labute approximate surface area is 156 Å². The van der Waals surface area contributed by atoms with Crippen LogP contribution in [0.25, 0.3) is 0 Å². The minimum Gasteiger partial charge on any atom is -0.340 e. The molecule has 3 fully saturated rings. The van der Waals surface area contributed by atoms with Crippen molar-refractivity contribution in [2.45, 2.75) is 64.3 Å². The zero-order chi connectivity index (χ0) is 18.5. The fourth-order valence-corrected chi connectivity index (χ4v) is 4.23. The van der Waals surface area contributed by atoms with Crippen molar-refractivity contribution in [3.8, 4) is 0 Å². The monoisotopic (exact) mass is 364 g/mol. The second kappa shape index (κ2) is 8.84. The van der Waals surface area contributed by atoms with Gasteiger partial charge in [0.1, 0.15) is 6.04 Å². The summed E-state index contributed by atoms with van der Waals surface area (Å²) in [4.78, 5) is 42.6. The van der Waals surface area contributed by atoms with Crippen LogP contribution in [0.2, 0.25) is 0 Å². The molecule has 1 aliphatic carbocycles. The Hall–Kier alpha value is -1.63. The summed E-state index contributed by atoms with van der Waals surface area (Å²) in [5.74, 6) is 0.406. The summed E-state index contributed by atoms with van der Waals surface area (Å²) < 4.78 is 0. The molecule has 0 aromatic heterocycles. The quantitative estimate of drug-likeness (QED) is 0.729. The Kier molecular flexibility index (Phi) is 6.51. The molecule has 0 aromatic carbocycles. The van der Waals surface area contributed by atoms with Crippen LogP contribution < -0.4 is 5.32 Å². The zero-order valence-electron chi connectivity index (χ0n) is 15.9. The van der Waals surface area contributed by atoms with E-state index in [1.165, 1.54) is 24.2 Å². The number of piperazine rings is 1. The van der Waals surface area contributed by atoms with Crippen molar-refractivity contribution in [1.29, 1.82) is 0 Å². The number of amides is 4. The maximum atomic E-state index is 12.6. The molecular weight excluding hydrogens is 332 g/mol. The van der Waals surface area contributed by atoms with Gasteiger partial charge in [-0.25, -0.2) is 9.69 Å². The van der Waals surface area contributed by atoms with Crippen LogP contribution in [0.1, 0.15) is 58.3 Å². The molecule has 2 heterocycles. The Balaban J connectivity index is 1.45. The van der Waals surface area contributed by atoms with Crippen molar-refractivity contribution in [2.24, 2.45) is 5.92 Å². The molecule has 1 unspecified atom stereocenters. The highest BCUT2D eigenvalue weighted by molar-refractivity contribution is 6.04. The van der Waals surface area contributed by atoms with Crippen LogP contribution in [0.4, 0.5) is 4.79 Å². The molecular formula is C19H32N4O3. The average Bonchev–Trinajstić information content (AvgIpc) is 2.94. The van der Waals surface area contributed by atoms with Gasteiger partial charge in [-0.3, -0.25) is 14.5 Å². The van der Waals surface area contributed by atoms with Gasteiger partial charge in [0.2, 0.25) is 5.91 Å². The number of hydrogen-bond donors (Lipinski definition) is 1. The van der Waals surface area contributed by atoms with Gasteiger partial charge in [0.15, 0.2) is 0 Å². The SMILES string of the molecule is CCCCC1NC(=O)N(CN2CCN(C(=O)C3CCCCC3)CC2)C1=O. The van der Waals surface area contributed by atoms with E-state index in [0.29, 0.717) is 32.1 Å². The van der Waals surface area contributed by atoms with E-state index in [4.69, 9.17) is 0 Å². The van der Waals surface area contributed by atoms with Crippen LogP contribution in [-0.2, 0) is 9.59 Å². The Bertz CT molecular complexity index is 525. The van der Waals surface area contributed by atoms with Gasteiger partial charge in [0.05, 0.1) is 6.67 Å². The smallest absolute Gasteiger partial charge is 0.325 e. The molecule has 0 radical (unpaired) electrons. The van der Waals surface area contributed by atoms with Crippen LogP contribution >= 0.6 is 0 Å². The average molecular weight is 364 g/mol. The van der Waals surface area contributed by atoms with E-state index in [0.717, 1.165) is 38.8 Å². The van der Waals surface area contributed by atoms with E-state index in [2.05, 4.69) is 17.1 Å². The first kappa shape index (κ1) is 19.1. The summed E-state index contributed by atoms with van der Waals surface area (Å²) >= 11 is 0. The van der Waals surface area contributed by atoms with Gasteiger partial charge in [0.25, 0.3) is 5.91 Å². The van der Waals surface area contributed by atoms with Crippen LogP contribution in [0, 0.1) is 5.92 Å².